The second-order valence-corrected chi connectivity index (χ2v) is 5.68. The molecule has 0 aliphatic heterocycles. The minimum atomic E-state index is -0.114. The first-order chi connectivity index (χ1) is 11.2. The second kappa shape index (κ2) is 8.89. The molecule has 2 rings (SSSR count). The summed E-state index contributed by atoms with van der Waals surface area (Å²) in [4.78, 5) is 12.0. The normalized spacial score (nSPS) is 11.0. The fraction of sp³-hybridized carbons (Fsp3) is 0.300. The number of phenols is 1. The van der Waals surface area contributed by atoms with E-state index >= 15 is 0 Å². The van der Waals surface area contributed by atoms with Gasteiger partial charge in [0.2, 0.25) is 0 Å². The molecule has 1 aromatic heterocycles. The maximum absolute atomic E-state index is 12.0. The standard InChI is InChI=1S/C20H23NO2/c1-2-3-4-5-13-21-14-11-17(12-15-21)9-10-20(23)18-7-6-8-19(22)16-18/h6-12,14-16H,2-5,13H2,1H3/p+1/b10-9+. The van der Waals surface area contributed by atoms with Gasteiger partial charge in [-0.25, -0.2) is 4.57 Å². The molecule has 0 saturated heterocycles. The number of carbonyl (C=O) groups excluding carboxylic acids is 1. The Morgan fingerprint density at radius 2 is 1.91 bits per heavy atom. The van der Waals surface area contributed by atoms with Crippen LogP contribution in [0.2, 0.25) is 0 Å². The number of carbonyl (C=O) groups is 1. The van der Waals surface area contributed by atoms with Crippen LogP contribution in [0, 0.1) is 0 Å². The summed E-state index contributed by atoms with van der Waals surface area (Å²) < 4.78 is 2.17. The third kappa shape index (κ3) is 5.70. The third-order valence-electron chi connectivity index (χ3n) is 3.74. The van der Waals surface area contributed by atoms with Crippen LogP contribution >= 0.6 is 0 Å². The molecule has 1 aromatic carbocycles. The summed E-state index contributed by atoms with van der Waals surface area (Å²) in [6, 6.07) is 10.4. The molecular weight excluding hydrogens is 286 g/mol. The molecule has 0 fully saturated rings. The Kier molecular flexibility index (Phi) is 6.55. The second-order valence-electron chi connectivity index (χ2n) is 5.68. The van der Waals surface area contributed by atoms with Gasteiger partial charge in [-0.1, -0.05) is 38.0 Å². The number of phenolic OH excluding ortho intramolecular Hbond substituents is 1. The number of benzene rings is 1. The highest BCUT2D eigenvalue weighted by atomic mass is 16.3. The summed E-state index contributed by atoms with van der Waals surface area (Å²) >= 11 is 0. The van der Waals surface area contributed by atoms with Crippen LogP contribution < -0.4 is 4.57 Å². The van der Waals surface area contributed by atoms with Crippen molar-refractivity contribution >= 4 is 11.9 Å². The number of pyridine rings is 1. The van der Waals surface area contributed by atoms with Gasteiger partial charge >= 0.3 is 0 Å². The summed E-state index contributed by atoms with van der Waals surface area (Å²) in [7, 11) is 0. The van der Waals surface area contributed by atoms with E-state index in [-0.39, 0.29) is 11.5 Å². The van der Waals surface area contributed by atoms with Gasteiger partial charge in [-0.05, 0) is 30.2 Å². The summed E-state index contributed by atoms with van der Waals surface area (Å²) in [5, 5.41) is 9.40. The summed E-state index contributed by atoms with van der Waals surface area (Å²) in [6.45, 7) is 3.25. The minimum absolute atomic E-state index is 0.105. The molecule has 0 atom stereocenters. The molecule has 1 N–H and O–H groups in total. The molecule has 23 heavy (non-hydrogen) atoms. The molecule has 2 aromatic rings. The quantitative estimate of drug-likeness (QED) is 0.344. The number of aromatic hydroxyl groups is 1. The zero-order valence-electron chi connectivity index (χ0n) is 13.6. The van der Waals surface area contributed by atoms with E-state index in [1.807, 2.05) is 24.5 Å². The monoisotopic (exact) mass is 310 g/mol. The van der Waals surface area contributed by atoms with Gasteiger partial charge in [0.15, 0.2) is 18.2 Å². The van der Waals surface area contributed by atoms with Crippen LogP contribution in [-0.2, 0) is 6.54 Å². The average molecular weight is 310 g/mol. The number of aromatic nitrogens is 1. The maximum atomic E-state index is 12.0. The molecule has 3 heteroatoms. The van der Waals surface area contributed by atoms with Gasteiger partial charge in [-0.15, -0.1) is 0 Å². The van der Waals surface area contributed by atoms with Crippen LogP contribution in [0.25, 0.3) is 6.08 Å². The highest BCUT2D eigenvalue weighted by Crippen LogP contribution is 2.12. The van der Waals surface area contributed by atoms with Crippen LogP contribution in [0.1, 0.15) is 48.5 Å². The van der Waals surface area contributed by atoms with Gasteiger partial charge in [-0.2, -0.15) is 0 Å². The van der Waals surface area contributed by atoms with Gasteiger partial charge in [-0.3, -0.25) is 4.79 Å². The summed E-state index contributed by atoms with van der Waals surface area (Å²) in [5.74, 6) is -0.00901. The largest absolute Gasteiger partial charge is 0.508 e. The Morgan fingerprint density at radius 3 is 2.61 bits per heavy atom. The zero-order chi connectivity index (χ0) is 16.5. The molecule has 1 heterocycles. The average Bonchev–Trinajstić information content (AvgIpc) is 2.57. The Labute approximate surface area is 137 Å². The van der Waals surface area contributed by atoms with E-state index in [1.165, 1.54) is 37.8 Å². The molecule has 120 valence electrons. The van der Waals surface area contributed by atoms with Crippen molar-refractivity contribution in [3.8, 4) is 5.75 Å². The van der Waals surface area contributed by atoms with Crippen molar-refractivity contribution in [3.05, 3.63) is 66.0 Å². The Balaban J connectivity index is 1.91. The van der Waals surface area contributed by atoms with E-state index in [0.29, 0.717) is 5.56 Å². The van der Waals surface area contributed by atoms with Crippen molar-refractivity contribution in [2.75, 3.05) is 0 Å². The first-order valence-corrected chi connectivity index (χ1v) is 8.19. The zero-order valence-corrected chi connectivity index (χ0v) is 13.6. The van der Waals surface area contributed by atoms with Gasteiger partial charge in [0.1, 0.15) is 12.3 Å². The third-order valence-corrected chi connectivity index (χ3v) is 3.74. The first-order valence-electron chi connectivity index (χ1n) is 8.19. The molecule has 0 spiro atoms. The van der Waals surface area contributed by atoms with Crippen molar-refractivity contribution in [1.29, 1.82) is 0 Å². The number of unbranched alkanes of at least 4 members (excludes halogenated alkanes) is 3. The van der Waals surface area contributed by atoms with E-state index in [9.17, 15) is 9.90 Å². The smallest absolute Gasteiger partial charge is 0.185 e. The van der Waals surface area contributed by atoms with E-state index in [0.717, 1.165) is 12.1 Å². The Hall–Kier alpha value is -2.42. The van der Waals surface area contributed by atoms with Crippen molar-refractivity contribution in [1.82, 2.24) is 0 Å². The van der Waals surface area contributed by atoms with E-state index in [4.69, 9.17) is 0 Å². The molecule has 0 amide bonds. The highest BCUT2D eigenvalue weighted by molar-refractivity contribution is 6.06. The van der Waals surface area contributed by atoms with E-state index < -0.39 is 0 Å². The highest BCUT2D eigenvalue weighted by Gasteiger charge is 2.03. The summed E-state index contributed by atoms with van der Waals surface area (Å²) in [6.07, 6.45) is 12.4. The van der Waals surface area contributed by atoms with Crippen molar-refractivity contribution < 1.29 is 14.5 Å². The van der Waals surface area contributed by atoms with Crippen molar-refractivity contribution in [3.63, 3.8) is 0 Å². The van der Waals surface area contributed by atoms with Crippen molar-refractivity contribution in [2.45, 2.75) is 39.2 Å². The Morgan fingerprint density at radius 1 is 1.13 bits per heavy atom. The van der Waals surface area contributed by atoms with Gasteiger partial charge < -0.3 is 5.11 Å². The van der Waals surface area contributed by atoms with E-state index in [1.54, 1.807) is 24.3 Å². The predicted molar refractivity (Wildman–Crippen MR) is 92.3 cm³/mol. The molecule has 0 radical (unpaired) electrons. The minimum Gasteiger partial charge on any atom is -0.508 e. The number of hydrogen-bond acceptors (Lipinski definition) is 2. The lowest BCUT2D eigenvalue weighted by atomic mass is 10.1. The van der Waals surface area contributed by atoms with Gasteiger partial charge in [0, 0.05) is 24.1 Å². The Bertz CT molecular complexity index is 660. The molecule has 0 unspecified atom stereocenters. The van der Waals surface area contributed by atoms with Crippen molar-refractivity contribution in [2.24, 2.45) is 0 Å². The molecule has 0 aliphatic carbocycles. The van der Waals surface area contributed by atoms with Gasteiger partial charge in [0.25, 0.3) is 0 Å². The number of nitrogens with zero attached hydrogens (tertiary/aromatic N) is 1. The number of aryl methyl sites for hydroxylation is 1. The molecule has 3 nitrogen and oxygen atoms in total. The number of rotatable bonds is 8. The molecule has 0 saturated carbocycles. The topological polar surface area (TPSA) is 41.2 Å². The molecule has 0 aliphatic rings. The first kappa shape index (κ1) is 16.9. The number of ketones is 1. The van der Waals surface area contributed by atoms with Crippen LogP contribution in [0.4, 0.5) is 0 Å². The van der Waals surface area contributed by atoms with Crippen LogP contribution in [0.5, 0.6) is 5.75 Å². The SMILES string of the molecule is CCCCCC[n+]1ccc(/C=C/C(=O)c2cccc(O)c2)cc1. The molecule has 0 bridgehead atoms. The predicted octanol–water partition coefficient (Wildman–Crippen LogP) is 4.16. The summed E-state index contributed by atoms with van der Waals surface area (Å²) in [5.41, 5.74) is 1.48. The number of hydrogen-bond donors (Lipinski definition) is 1. The van der Waals surface area contributed by atoms with E-state index in [2.05, 4.69) is 11.5 Å². The lowest BCUT2D eigenvalue weighted by molar-refractivity contribution is -0.697. The fourth-order valence-electron chi connectivity index (χ4n) is 2.38. The van der Waals surface area contributed by atoms with Crippen LogP contribution in [0.15, 0.2) is 54.9 Å². The lowest BCUT2D eigenvalue weighted by Gasteiger charge is -1.98. The molecular formula is C20H24NO2+. The lowest BCUT2D eigenvalue weighted by Crippen LogP contribution is -2.32. The number of allylic oxidation sites excluding steroid dienone is 1. The fourth-order valence-corrected chi connectivity index (χ4v) is 2.38. The van der Waals surface area contributed by atoms with Crippen LogP contribution in [-0.4, -0.2) is 10.9 Å². The maximum Gasteiger partial charge on any atom is 0.185 e. The van der Waals surface area contributed by atoms with Gasteiger partial charge in [0.05, 0.1) is 0 Å². The van der Waals surface area contributed by atoms with Crippen LogP contribution in [0.3, 0.4) is 0 Å².